The molecule has 1 aliphatic carbocycles. The Kier molecular flexibility index (Phi) is 4.58. The van der Waals surface area contributed by atoms with Crippen LogP contribution in [0.3, 0.4) is 0 Å². The molecule has 0 spiro atoms. The van der Waals surface area contributed by atoms with Crippen LogP contribution in [-0.2, 0) is 9.53 Å². The van der Waals surface area contributed by atoms with Gasteiger partial charge in [-0.1, -0.05) is 12.2 Å². The highest BCUT2D eigenvalue weighted by molar-refractivity contribution is 7.80. The van der Waals surface area contributed by atoms with Gasteiger partial charge in [0, 0.05) is 11.6 Å². The van der Waals surface area contributed by atoms with E-state index in [2.05, 4.69) is 22.8 Å². The number of rotatable bonds is 3. The predicted molar refractivity (Wildman–Crippen MR) is 78.5 cm³/mol. The van der Waals surface area contributed by atoms with Gasteiger partial charge in [-0.05, 0) is 45.3 Å². The molecule has 1 heterocycles. The van der Waals surface area contributed by atoms with Crippen LogP contribution in [0.2, 0.25) is 0 Å². The van der Waals surface area contributed by atoms with E-state index in [4.69, 9.17) is 17.0 Å². The third-order valence-corrected chi connectivity index (χ3v) is 3.71. The zero-order chi connectivity index (χ0) is 13.8. The molecule has 0 aromatic heterocycles. The number of carbonyl (C=O) groups excluding carboxylic acids is 1. The Bertz CT molecular complexity index is 443. The Morgan fingerprint density at radius 3 is 2.95 bits per heavy atom. The zero-order valence-electron chi connectivity index (χ0n) is 11.4. The zero-order valence-corrected chi connectivity index (χ0v) is 12.2. The molecular formula is C14H20N2O2S. The summed E-state index contributed by atoms with van der Waals surface area (Å²) in [5, 5.41) is 6.84. The molecule has 0 aromatic rings. The SMILES string of the molecule is CCOC(=O)C1=C([C@@H]2CC=CCC2)NC(=S)N[C@H]1C. The fraction of sp³-hybridized carbons (Fsp3) is 0.571. The topological polar surface area (TPSA) is 50.4 Å². The van der Waals surface area contributed by atoms with E-state index in [1.165, 1.54) is 0 Å². The quantitative estimate of drug-likeness (QED) is 0.470. The largest absolute Gasteiger partial charge is 0.463 e. The predicted octanol–water partition coefficient (Wildman–Crippen LogP) is 2.03. The van der Waals surface area contributed by atoms with Crippen LogP contribution in [0.15, 0.2) is 23.4 Å². The number of nitrogens with one attached hydrogen (secondary N) is 2. The van der Waals surface area contributed by atoms with Crippen LogP contribution < -0.4 is 10.6 Å². The van der Waals surface area contributed by atoms with E-state index in [1.807, 2.05) is 13.8 Å². The highest BCUT2D eigenvalue weighted by atomic mass is 32.1. The summed E-state index contributed by atoms with van der Waals surface area (Å²) in [4.78, 5) is 12.1. The molecule has 0 radical (unpaired) electrons. The normalized spacial score (nSPS) is 26.7. The van der Waals surface area contributed by atoms with Gasteiger partial charge in [0.05, 0.1) is 18.2 Å². The molecule has 0 aromatic carbocycles. The molecule has 0 saturated carbocycles. The maximum absolute atomic E-state index is 12.1. The van der Waals surface area contributed by atoms with E-state index in [1.54, 1.807) is 0 Å². The molecule has 2 N–H and O–H groups in total. The Morgan fingerprint density at radius 1 is 1.53 bits per heavy atom. The minimum absolute atomic E-state index is 0.103. The lowest BCUT2D eigenvalue weighted by atomic mass is 9.86. The number of esters is 1. The van der Waals surface area contributed by atoms with Crippen molar-refractivity contribution in [2.24, 2.45) is 5.92 Å². The van der Waals surface area contributed by atoms with Crippen molar-refractivity contribution in [2.75, 3.05) is 6.61 Å². The van der Waals surface area contributed by atoms with Crippen molar-refractivity contribution in [2.45, 2.75) is 39.2 Å². The smallest absolute Gasteiger partial charge is 0.337 e. The van der Waals surface area contributed by atoms with Gasteiger partial charge in [0.1, 0.15) is 0 Å². The van der Waals surface area contributed by atoms with Crippen molar-refractivity contribution < 1.29 is 9.53 Å². The summed E-state index contributed by atoms with van der Waals surface area (Å²) in [5.74, 6) is 0.0777. The second-order valence-electron chi connectivity index (χ2n) is 4.85. The van der Waals surface area contributed by atoms with Crippen LogP contribution >= 0.6 is 12.2 Å². The van der Waals surface area contributed by atoms with E-state index in [0.29, 0.717) is 23.2 Å². The molecule has 5 heteroatoms. The summed E-state index contributed by atoms with van der Waals surface area (Å²) in [5.41, 5.74) is 1.63. The van der Waals surface area contributed by atoms with Crippen molar-refractivity contribution in [3.63, 3.8) is 0 Å². The number of ether oxygens (including phenoxy) is 1. The molecule has 0 amide bonds. The van der Waals surface area contributed by atoms with E-state index in [-0.39, 0.29) is 12.0 Å². The van der Waals surface area contributed by atoms with Crippen molar-refractivity contribution in [3.8, 4) is 0 Å². The van der Waals surface area contributed by atoms with Gasteiger partial charge >= 0.3 is 5.97 Å². The van der Waals surface area contributed by atoms with Gasteiger partial charge in [0.2, 0.25) is 0 Å². The van der Waals surface area contributed by atoms with Crippen LogP contribution in [-0.4, -0.2) is 23.7 Å². The lowest BCUT2D eigenvalue weighted by Gasteiger charge is -2.33. The standard InChI is InChI=1S/C14H20N2O2S/c1-3-18-13(17)11-9(2)15-14(19)16-12(11)10-7-5-4-6-8-10/h4-5,9-10H,3,6-8H2,1-2H3,(H2,15,16,19)/t9-,10+/m0/s1. The first-order chi connectivity index (χ1) is 9.13. The minimum atomic E-state index is -0.248. The third kappa shape index (κ3) is 3.15. The number of hydrogen-bond donors (Lipinski definition) is 2. The maximum Gasteiger partial charge on any atom is 0.337 e. The summed E-state index contributed by atoms with van der Waals surface area (Å²) in [6.07, 6.45) is 7.38. The fourth-order valence-corrected chi connectivity index (χ4v) is 2.89. The van der Waals surface area contributed by atoms with Crippen LogP contribution in [0, 0.1) is 5.92 Å². The number of allylic oxidation sites excluding steroid dienone is 3. The second kappa shape index (κ2) is 6.19. The first-order valence-corrected chi connectivity index (χ1v) is 7.18. The van der Waals surface area contributed by atoms with Crippen LogP contribution in [0.25, 0.3) is 0 Å². The second-order valence-corrected chi connectivity index (χ2v) is 5.26. The molecule has 0 bridgehead atoms. The van der Waals surface area contributed by atoms with Gasteiger partial charge < -0.3 is 15.4 Å². The molecule has 2 aliphatic rings. The average molecular weight is 280 g/mol. The average Bonchev–Trinajstić information content (AvgIpc) is 2.39. The van der Waals surface area contributed by atoms with Crippen molar-refractivity contribution >= 4 is 23.3 Å². The lowest BCUT2D eigenvalue weighted by molar-refractivity contribution is -0.139. The van der Waals surface area contributed by atoms with Crippen LogP contribution in [0.1, 0.15) is 33.1 Å². The lowest BCUT2D eigenvalue weighted by Crippen LogP contribution is -2.50. The first-order valence-electron chi connectivity index (χ1n) is 6.77. The van der Waals surface area contributed by atoms with E-state index >= 15 is 0 Å². The van der Waals surface area contributed by atoms with Crippen molar-refractivity contribution in [3.05, 3.63) is 23.4 Å². The third-order valence-electron chi connectivity index (χ3n) is 3.49. The summed E-state index contributed by atoms with van der Waals surface area (Å²) < 4.78 is 5.17. The maximum atomic E-state index is 12.1. The Hall–Kier alpha value is -1.36. The Morgan fingerprint density at radius 2 is 2.32 bits per heavy atom. The molecule has 4 nitrogen and oxygen atoms in total. The summed E-state index contributed by atoms with van der Waals surface area (Å²) in [6, 6.07) is -0.103. The van der Waals surface area contributed by atoms with Gasteiger partial charge in [-0.3, -0.25) is 0 Å². The minimum Gasteiger partial charge on any atom is -0.463 e. The van der Waals surface area contributed by atoms with E-state index < -0.39 is 0 Å². The fourth-order valence-electron chi connectivity index (χ4n) is 2.60. The summed E-state index contributed by atoms with van der Waals surface area (Å²) in [6.45, 7) is 4.15. The Labute approximate surface area is 119 Å². The van der Waals surface area contributed by atoms with E-state index in [0.717, 1.165) is 25.0 Å². The van der Waals surface area contributed by atoms with Gasteiger partial charge in [0.25, 0.3) is 0 Å². The summed E-state index contributed by atoms with van der Waals surface area (Å²) in [7, 11) is 0. The molecule has 0 saturated heterocycles. The molecule has 0 fully saturated rings. The molecule has 2 rings (SSSR count). The van der Waals surface area contributed by atoms with Crippen molar-refractivity contribution in [1.82, 2.24) is 10.6 Å². The number of carbonyl (C=O) groups is 1. The van der Waals surface area contributed by atoms with Crippen molar-refractivity contribution in [1.29, 1.82) is 0 Å². The molecule has 0 unspecified atom stereocenters. The summed E-state index contributed by atoms with van der Waals surface area (Å²) >= 11 is 5.21. The Balaban J connectivity index is 2.33. The number of hydrogen-bond acceptors (Lipinski definition) is 3. The first kappa shape index (κ1) is 14.1. The van der Waals surface area contributed by atoms with Crippen LogP contribution in [0.5, 0.6) is 0 Å². The van der Waals surface area contributed by atoms with Gasteiger partial charge in [-0.15, -0.1) is 0 Å². The van der Waals surface area contributed by atoms with Crippen LogP contribution in [0.4, 0.5) is 0 Å². The molecule has 2 atom stereocenters. The molecule has 104 valence electrons. The van der Waals surface area contributed by atoms with Gasteiger partial charge in [-0.25, -0.2) is 4.79 Å². The molecule has 1 aliphatic heterocycles. The highest BCUT2D eigenvalue weighted by Crippen LogP contribution is 2.29. The van der Waals surface area contributed by atoms with Gasteiger partial charge in [0.15, 0.2) is 5.11 Å². The number of thiocarbonyl (C=S) groups is 1. The van der Waals surface area contributed by atoms with E-state index in [9.17, 15) is 4.79 Å². The van der Waals surface area contributed by atoms with Gasteiger partial charge in [-0.2, -0.15) is 0 Å². The molecule has 19 heavy (non-hydrogen) atoms. The monoisotopic (exact) mass is 280 g/mol. The highest BCUT2D eigenvalue weighted by Gasteiger charge is 2.31. The molecular weight excluding hydrogens is 260 g/mol.